The molecule has 1 atom stereocenters. The van der Waals surface area contributed by atoms with Gasteiger partial charge in [0.15, 0.2) is 17.2 Å². The zero-order valence-electron chi connectivity index (χ0n) is 17.9. The van der Waals surface area contributed by atoms with Gasteiger partial charge in [-0.25, -0.2) is 4.39 Å². The average Bonchev–Trinajstić information content (AvgIpc) is 3.39. The fraction of sp³-hybridized carbons (Fsp3) is 0.391. The molecule has 8 nitrogen and oxygen atoms in total. The number of hydrogen-bond acceptors (Lipinski definition) is 6. The van der Waals surface area contributed by atoms with Crippen molar-refractivity contribution >= 4 is 11.7 Å². The van der Waals surface area contributed by atoms with E-state index in [0.717, 1.165) is 11.3 Å². The number of hydrogen-bond donors (Lipinski definition) is 0. The maximum absolute atomic E-state index is 13.4. The Kier molecular flexibility index (Phi) is 5.03. The molecule has 0 radical (unpaired) electrons. The van der Waals surface area contributed by atoms with Gasteiger partial charge in [0.2, 0.25) is 0 Å². The molecule has 2 aliphatic rings. The lowest BCUT2D eigenvalue weighted by Crippen LogP contribution is -2.44. The van der Waals surface area contributed by atoms with Crippen molar-refractivity contribution in [1.29, 1.82) is 0 Å². The smallest absolute Gasteiger partial charge is 0.276 e. The Morgan fingerprint density at radius 3 is 2.69 bits per heavy atom. The third-order valence-corrected chi connectivity index (χ3v) is 6.27. The first-order valence-corrected chi connectivity index (χ1v) is 10.6. The van der Waals surface area contributed by atoms with E-state index in [4.69, 9.17) is 9.26 Å². The minimum atomic E-state index is -0.444. The van der Waals surface area contributed by atoms with Gasteiger partial charge in [0.1, 0.15) is 17.7 Å². The van der Waals surface area contributed by atoms with E-state index in [-0.39, 0.29) is 35.8 Å². The lowest BCUT2D eigenvalue weighted by Gasteiger charge is -2.37. The number of nitrogens with zero attached hydrogens (tertiary/aromatic N) is 4. The summed E-state index contributed by atoms with van der Waals surface area (Å²) in [6.45, 7) is 2.96. The lowest BCUT2D eigenvalue weighted by atomic mass is 9.86. The third kappa shape index (κ3) is 3.68. The predicted molar refractivity (Wildman–Crippen MR) is 112 cm³/mol. The summed E-state index contributed by atoms with van der Waals surface area (Å²) in [5, 5.41) is 8.25. The summed E-state index contributed by atoms with van der Waals surface area (Å²) in [7, 11) is 1.82. The van der Waals surface area contributed by atoms with Crippen LogP contribution in [0.15, 0.2) is 35.0 Å². The molecule has 2 aromatic heterocycles. The first-order valence-electron chi connectivity index (χ1n) is 10.6. The predicted octanol–water partition coefficient (Wildman–Crippen LogP) is 3.41. The van der Waals surface area contributed by atoms with Crippen molar-refractivity contribution in [3.8, 4) is 17.1 Å². The first kappa shape index (κ1) is 20.4. The van der Waals surface area contributed by atoms with Crippen LogP contribution in [0.25, 0.3) is 11.3 Å². The van der Waals surface area contributed by atoms with Gasteiger partial charge in [0.25, 0.3) is 5.91 Å². The molecule has 0 aliphatic carbocycles. The maximum atomic E-state index is 13.4. The summed E-state index contributed by atoms with van der Waals surface area (Å²) in [5.74, 6) is 0.370. The summed E-state index contributed by atoms with van der Waals surface area (Å²) < 4.78 is 26.5. The molecule has 2 aliphatic heterocycles. The molecular formula is C23H23FN4O4. The minimum absolute atomic E-state index is 0.102. The Labute approximate surface area is 183 Å². The van der Waals surface area contributed by atoms with Gasteiger partial charge in [-0.1, -0.05) is 5.16 Å². The molecule has 1 saturated heterocycles. The van der Waals surface area contributed by atoms with Crippen molar-refractivity contribution in [2.45, 2.75) is 32.3 Å². The van der Waals surface area contributed by atoms with Crippen LogP contribution in [0.1, 0.15) is 45.8 Å². The van der Waals surface area contributed by atoms with Crippen LogP contribution in [0.5, 0.6) is 5.75 Å². The topological polar surface area (TPSA) is 90.5 Å². The van der Waals surface area contributed by atoms with Crippen molar-refractivity contribution < 1.29 is 23.2 Å². The molecule has 32 heavy (non-hydrogen) atoms. The molecule has 0 bridgehead atoms. The van der Waals surface area contributed by atoms with E-state index in [2.05, 4.69) is 10.3 Å². The number of rotatable bonds is 3. The zero-order chi connectivity index (χ0) is 22.4. The third-order valence-electron chi connectivity index (χ3n) is 6.27. The summed E-state index contributed by atoms with van der Waals surface area (Å²) in [4.78, 5) is 27.1. The number of carbonyl (C=O) groups excluding carboxylic acids is 2. The highest BCUT2D eigenvalue weighted by atomic mass is 19.1. The largest absolute Gasteiger partial charge is 0.489 e. The van der Waals surface area contributed by atoms with Gasteiger partial charge in [0.05, 0.1) is 16.8 Å². The first-order chi connectivity index (χ1) is 15.4. The number of fused-ring (bicyclic) bond motifs is 1. The van der Waals surface area contributed by atoms with E-state index in [1.165, 1.54) is 18.2 Å². The van der Waals surface area contributed by atoms with Crippen LogP contribution < -0.4 is 4.74 Å². The fourth-order valence-electron chi connectivity index (χ4n) is 4.56. The molecule has 0 saturated carbocycles. The van der Waals surface area contributed by atoms with Gasteiger partial charge in [-0.15, -0.1) is 0 Å². The molecule has 1 amide bonds. The molecule has 1 aromatic carbocycles. The molecule has 4 heterocycles. The van der Waals surface area contributed by atoms with Crippen LogP contribution in [-0.2, 0) is 7.05 Å². The van der Waals surface area contributed by atoms with E-state index >= 15 is 0 Å². The van der Waals surface area contributed by atoms with Gasteiger partial charge in [-0.2, -0.15) is 5.10 Å². The second kappa shape index (κ2) is 7.89. The van der Waals surface area contributed by atoms with Crippen LogP contribution in [0, 0.1) is 18.7 Å². The number of amides is 1. The molecule has 5 rings (SSSR count). The monoisotopic (exact) mass is 438 g/mol. The number of ketones is 1. The molecule has 9 heteroatoms. The highest BCUT2D eigenvalue weighted by Crippen LogP contribution is 2.34. The van der Waals surface area contributed by atoms with Crippen molar-refractivity contribution in [3.63, 3.8) is 0 Å². The van der Waals surface area contributed by atoms with Gasteiger partial charge in [-0.05, 0) is 43.9 Å². The number of piperidine rings is 1. The zero-order valence-corrected chi connectivity index (χ0v) is 17.9. The summed E-state index contributed by atoms with van der Waals surface area (Å²) >= 11 is 0. The van der Waals surface area contributed by atoms with Gasteiger partial charge in [0, 0.05) is 38.8 Å². The van der Waals surface area contributed by atoms with E-state index in [9.17, 15) is 14.0 Å². The Hall–Kier alpha value is -3.49. The number of Topliss-reactive ketones (excluding diaryl/α,β-unsaturated/α-hetero) is 1. The van der Waals surface area contributed by atoms with E-state index in [1.807, 2.05) is 20.2 Å². The SMILES string of the molecule is Cc1nn(C)cc1-c1cc(C(=O)N2CCC([C@@H]3CC(=O)c4cc(F)ccc4O3)CC2)no1. The number of likely N-dealkylation sites (tertiary alicyclic amines) is 1. The van der Waals surface area contributed by atoms with E-state index < -0.39 is 5.82 Å². The standard InChI is InChI=1S/C23H23FN4O4/c1-13-17(12-27(2)25-13)22-10-18(26-32-22)23(30)28-7-5-14(6-8-28)21-11-19(29)16-9-15(24)3-4-20(16)31-21/h3-4,9-10,12,14,21H,5-8,11H2,1-2H3/t21-/m0/s1. The van der Waals surface area contributed by atoms with Crippen molar-refractivity contribution in [1.82, 2.24) is 19.8 Å². The van der Waals surface area contributed by atoms with Crippen LogP contribution in [-0.4, -0.2) is 50.7 Å². The molecule has 3 aromatic rings. The molecule has 1 fully saturated rings. The molecular weight excluding hydrogens is 415 g/mol. The van der Waals surface area contributed by atoms with Gasteiger partial charge in [-0.3, -0.25) is 14.3 Å². The number of aromatic nitrogens is 3. The maximum Gasteiger partial charge on any atom is 0.276 e. The second-order valence-corrected chi connectivity index (χ2v) is 8.43. The van der Waals surface area contributed by atoms with Crippen LogP contribution in [0.4, 0.5) is 4.39 Å². The molecule has 0 unspecified atom stereocenters. The molecule has 0 N–H and O–H groups in total. The average molecular weight is 438 g/mol. The summed E-state index contributed by atoms with van der Waals surface area (Å²) in [6, 6.07) is 5.69. The number of aryl methyl sites for hydroxylation is 2. The quantitative estimate of drug-likeness (QED) is 0.623. The lowest BCUT2D eigenvalue weighted by molar-refractivity contribution is 0.0446. The van der Waals surface area contributed by atoms with E-state index in [1.54, 1.807) is 15.6 Å². The summed E-state index contributed by atoms with van der Waals surface area (Å²) in [6.07, 6.45) is 3.23. The van der Waals surface area contributed by atoms with Crippen LogP contribution in [0.3, 0.4) is 0 Å². The Balaban J connectivity index is 1.23. The number of halogens is 1. The Morgan fingerprint density at radius 2 is 1.97 bits per heavy atom. The van der Waals surface area contributed by atoms with Crippen molar-refractivity contribution in [2.75, 3.05) is 13.1 Å². The van der Waals surface area contributed by atoms with E-state index in [0.29, 0.717) is 43.0 Å². The number of benzene rings is 1. The van der Waals surface area contributed by atoms with Crippen LogP contribution >= 0.6 is 0 Å². The van der Waals surface area contributed by atoms with Gasteiger partial charge >= 0.3 is 0 Å². The summed E-state index contributed by atoms with van der Waals surface area (Å²) in [5.41, 5.74) is 2.17. The number of ether oxygens (including phenoxy) is 1. The normalized spacial score (nSPS) is 19.0. The highest BCUT2D eigenvalue weighted by molar-refractivity contribution is 6.00. The van der Waals surface area contributed by atoms with Crippen molar-refractivity contribution in [2.24, 2.45) is 13.0 Å². The highest BCUT2D eigenvalue weighted by Gasteiger charge is 2.36. The molecule has 166 valence electrons. The second-order valence-electron chi connectivity index (χ2n) is 8.43. The Bertz CT molecular complexity index is 1190. The number of carbonyl (C=O) groups is 2. The Morgan fingerprint density at radius 1 is 1.19 bits per heavy atom. The molecule has 0 spiro atoms. The van der Waals surface area contributed by atoms with Gasteiger partial charge < -0.3 is 14.2 Å². The minimum Gasteiger partial charge on any atom is -0.489 e. The van der Waals surface area contributed by atoms with Crippen molar-refractivity contribution in [3.05, 3.63) is 53.2 Å². The van der Waals surface area contributed by atoms with Crippen LogP contribution in [0.2, 0.25) is 0 Å². The fourth-order valence-corrected chi connectivity index (χ4v) is 4.56.